The van der Waals surface area contributed by atoms with Crippen molar-refractivity contribution in [3.63, 3.8) is 0 Å². The standard InChI is InChI=1S/C18H28N2O/c1-14-11-20(12-15(2)21-14)13-17-6-4-3-5-16(17)9-10-19-18-7-8-18/h3-6,14-15,18-19H,7-13H2,1-2H3/t14-,15+. The molecule has 1 aliphatic heterocycles. The second-order valence-corrected chi connectivity index (χ2v) is 6.70. The molecule has 2 atom stereocenters. The molecule has 1 saturated carbocycles. The maximum atomic E-state index is 5.83. The van der Waals surface area contributed by atoms with Crippen molar-refractivity contribution in [2.24, 2.45) is 0 Å². The molecule has 0 radical (unpaired) electrons. The van der Waals surface area contributed by atoms with Crippen LogP contribution in [-0.2, 0) is 17.7 Å². The van der Waals surface area contributed by atoms with E-state index in [4.69, 9.17) is 4.74 Å². The van der Waals surface area contributed by atoms with E-state index in [0.717, 1.165) is 38.6 Å². The van der Waals surface area contributed by atoms with Gasteiger partial charge in [-0.15, -0.1) is 0 Å². The van der Waals surface area contributed by atoms with E-state index >= 15 is 0 Å². The molecule has 3 rings (SSSR count). The molecule has 0 bridgehead atoms. The molecular formula is C18H28N2O. The van der Waals surface area contributed by atoms with Crippen LogP contribution in [0.2, 0.25) is 0 Å². The molecule has 0 spiro atoms. The second kappa shape index (κ2) is 6.91. The molecule has 1 saturated heterocycles. The van der Waals surface area contributed by atoms with Crippen LogP contribution < -0.4 is 5.32 Å². The van der Waals surface area contributed by atoms with Gasteiger partial charge in [-0.05, 0) is 50.8 Å². The summed E-state index contributed by atoms with van der Waals surface area (Å²) in [7, 11) is 0. The molecule has 1 heterocycles. The Hall–Kier alpha value is -0.900. The third-order valence-electron chi connectivity index (χ3n) is 4.41. The second-order valence-electron chi connectivity index (χ2n) is 6.70. The van der Waals surface area contributed by atoms with Gasteiger partial charge < -0.3 is 10.1 Å². The predicted molar refractivity (Wildman–Crippen MR) is 86.5 cm³/mol. The van der Waals surface area contributed by atoms with Crippen molar-refractivity contribution in [2.45, 2.75) is 57.9 Å². The summed E-state index contributed by atoms with van der Waals surface area (Å²) in [6.07, 6.45) is 4.56. The Labute approximate surface area is 128 Å². The molecule has 21 heavy (non-hydrogen) atoms. The fourth-order valence-electron chi connectivity index (χ4n) is 3.31. The summed E-state index contributed by atoms with van der Waals surface area (Å²) >= 11 is 0. The van der Waals surface area contributed by atoms with Crippen LogP contribution in [0, 0.1) is 0 Å². The summed E-state index contributed by atoms with van der Waals surface area (Å²) in [6, 6.07) is 9.72. The Morgan fingerprint density at radius 3 is 2.43 bits per heavy atom. The summed E-state index contributed by atoms with van der Waals surface area (Å²) in [5.74, 6) is 0. The molecule has 116 valence electrons. The highest BCUT2D eigenvalue weighted by Gasteiger charge is 2.23. The minimum absolute atomic E-state index is 0.345. The average molecular weight is 288 g/mol. The molecule has 3 heteroatoms. The van der Waals surface area contributed by atoms with Gasteiger partial charge in [0.05, 0.1) is 12.2 Å². The lowest BCUT2D eigenvalue weighted by Gasteiger charge is -2.35. The van der Waals surface area contributed by atoms with Crippen molar-refractivity contribution in [3.05, 3.63) is 35.4 Å². The highest BCUT2D eigenvalue weighted by atomic mass is 16.5. The molecule has 3 nitrogen and oxygen atoms in total. The van der Waals surface area contributed by atoms with Crippen molar-refractivity contribution in [1.29, 1.82) is 0 Å². The third-order valence-corrected chi connectivity index (χ3v) is 4.41. The molecule has 0 unspecified atom stereocenters. The predicted octanol–water partition coefficient (Wildman–Crippen LogP) is 2.59. The number of benzene rings is 1. The van der Waals surface area contributed by atoms with Gasteiger partial charge in [-0.2, -0.15) is 0 Å². The van der Waals surface area contributed by atoms with E-state index in [-0.39, 0.29) is 0 Å². The van der Waals surface area contributed by atoms with E-state index in [9.17, 15) is 0 Å². The molecule has 1 aliphatic carbocycles. The number of rotatable bonds is 6. The molecular weight excluding hydrogens is 260 g/mol. The van der Waals surface area contributed by atoms with E-state index in [2.05, 4.69) is 48.3 Å². The number of nitrogens with zero attached hydrogens (tertiary/aromatic N) is 1. The first-order chi connectivity index (χ1) is 10.2. The van der Waals surface area contributed by atoms with Crippen LogP contribution in [0.1, 0.15) is 37.8 Å². The summed E-state index contributed by atoms with van der Waals surface area (Å²) in [5, 5.41) is 3.62. The summed E-state index contributed by atoms with van der Waals surface area (Å²) in [4.78, 5) is 2.53. The number of hydrogen-bond acceptors (Lipinski definition) is 3. The average Bonchev–Trinajstić information content (AvgIpc) is 3.24. The Morgan fingerprint density at radius 1 is 1.10 bits per heavy atom. The van der Waals surface area contributed by atoms with Crippen molar-refractivity contribution in [3.8, 4) is 0 Å². The Bertz CT molecular complexity index is 448. The number of ether oxygens (including phenoxy) is 1. The molecule has 1 N–H and O–H groups in total. The Balaban J connectivity index is 1.58. The van der Waals surface area contributed by atoms with Crippen molar-refractivity contribution in [2.75, 3.05) is 19.6 Å². The van der Waals surface area contributed by atoms with E-state index in [1.807, 2.05) is 0 Å². The van der Waals surface area contributed by atoms with Gasteiger partial charge in [-0.1, -0.05) is 24.3 Å². The first-order valence-corrected chi connectivity index (χ1v) is 8.38. The first-order valence-electron chi connectivity index (χ1n) is 8.38. The van der Waals surface area contributed by atoms with Gasteiger partial charge in [0.25, 0.3) is 0 Å². The molecule has 2 aliphatic rings. The van der Waals surface area contributed by atoms with E-state index < -0.39 is 0 Å². The topological polar surface area (TPSA) is 24.5 Å². The Kier molecular flexibility index (Phi) is 4.94. The van der Waals surface area contributed by atoms with Crippen LogP contribution in [-0.4, -0.2) is 42.8 Å². The molecule has 1 aromatic rings. The molecule has 1 aromatic carbocycles. The largest absolute Gasteiger partial charge is 0.373 e. The number of nitrogens with one attached hydrogen (secondary N) is 1. The minimum atomic E-state index is 0.345. The van der Waals surface area contributed by atoms with Crippen LogP contribution >= 0.6 is 0 Å². The first kappa shape index (κ1) is 15.0. The van der Waals surface area contributed by atoms with E-state index in [1.54, 1.807) is 0 Å². The third kappa shape index (κ3) is 4.53. The monoisotopic (exact) mass is 288 g/mol. The maximum absolute atomic E-state index is 5.83. The number of hydrogen-bond donors (Lipinski definition) is 1. The smallest absolute Gasteiger partial charge is 0.0678 e. The van der Waals surface area contributed by atoms with Crippen molar-refractivity contribution >= 4 is 0 Å². The fraction of sp³-hybridized carbons (Fsp3) is 0.667. The van der Waals surface area contributed by atoms with Gasteiger partial charge in [-0.25, -0.2) is 0 Å². The molecule has 2 fully saturated rings. The van der Waals surface area contributed by atoms with Gasteiger partial charge in [0.1, 0.15) is 0 Å². The highest BCUT2D eigenvalue weighted by Crippen LogP contribution is 2.20. The lowest BCUT2D eigenvalue weighted by Crippen LogP contribution is -2.44. The minimum Gasteiger partial charge on any atom is -0.373 e. The normalized spacial score (nSPS) is 27.0. The molecule has 0 amide bonds. The van der Waals surface area contributed by atoms with Gasteiger partial charge in [0, 0.05) is 25.7 Å². The van der Waals surface area contributed by atoms with Crippen LogP contribution in [0.15, 0.2) is 24.3 Å². The van der Waals surface area contributed by atoms with E-state index in [1.165, 1.54) is 24.0 Å². The van der Waals surface area contributed by atoms with Crippen molar-refractivity contribution in [1.82, 2.24) is 10.2 Å². The van der Waals surface area contributed by atoms with E-state index in [0.29, 0.717) is 12.2 Å². The Morgan fingerprint density at radius 2 is 1.76 bits per heavy atom. The zero-order valence-corrected chi connectivity index (χ0v) is 13.3. The number of morpholine rings is 1. The maximum Gasteiger partial charge on any atom is 0.0678 e. The zero-order valence-electron chi connectivity index (χ0n) is 13.3. The lowest BCUT2D eigenvalue weighted by molar-refractivity contribution is -0.0705. The highest BCUT2D eigenvalue weighted by molar-refractivity contribution is 5.27. The lowest BCUT2D eigenvalue weighted by atomic mass is 10.0. The quantitative estimate of drug-likeness (QED) is 0.871. The summed E-state index contributed by atoms with van der Waals surface area (Å²) < 4.78 is 5.83. The SMILES string of the molecule is C[C@@H]1CN(Cc2ccccc2CCNC2CC2)C[C@H](C)O1. The van der Waals surface area contributed by atoms with Gasteiger partial charge in [0.2, 0.25) is 0 Å². The van der Waals surface area contributed by atoms with Gasteiger partial charge >= 0.3 is 0 Å². The van der Waals surface area contributed by atoms with Crippen LogP contribution in [0.5, 0.6) is 0 Å². The van der Waals surface area contributed by atoms with Crippen molar-refractivity contribution < 1.29 is 4.74 Å². The summed E-state index contributed by atoms with van der Waals surface area (Å²) in [6.45, 7) is 8.59. The summed E-state index contributed by atoms with van der Waals surface area (Å²) in [5.41, 5.74) is 2.98. The van der Waals surface area contributed by atoms with Gasteiger partial charge in [-0.3, -0.25) is 4.90 Å². The van der Waals surface area contributed by atoms with Crippen LogP contribution in [0.4, 0.5) is 0 Å². The fourth-order valence-corrected chi connectivity index (χ4v) is 3.31. The van der Waals surface area contributed by atoms with Gasteiger partial charge in [0.15, 0.2) is 0 Å². The van der Waals surface area contributed by atoms with Crippen LogP contribution in [0.3, 0.4) is 0 Å². The van der Waals surface area contributed by atoms with Crippen LogP contribution in [0.25, 0.3) is 0 Å². The zero-order chi connectivity index (χ0) is 14.7. The molecule has 0 aromatic heterocycles.